The van der Waals surface area contributed by atoms with Crippen molar-refractivity contribution in [2.24, 2.45) is 0 Å². The molecule has 152 valence electrons. The second kappa shape index (κ2) is 7.99. The first-order valence-electron chi connectivity index (χ1n) is 10.8. The molecule has 32 heavy (non-hydrogen) atoms. The highest BCUT2D eigenvalue weighted by atomic mass is 32.1. The van der Waals surface area contributed by atoms with Crippen molar-refractivity contribution >= 4 is 42.9 Å². The highest BCUT2D eigenvalue weighted by Gasteiger charge is 2.12. The Morgan fingerprint density at radius 3 is 1.97 bits per heavy atom. The van der Waals surface area contributed by atoms with Crippen molar-refractivity contribution in [1.82, 2.24) is 0 Å². The third-order valence-electron chi connectivity index (χ3n) is 5.89. The van der Waals surface area contributed by atoms with Crippen molar-refractivity contribution < 1.29 is 0 Å². The lowest BCUT2D eigenvalue weighted by atomic mass is 9.97. The molecule has 1 N–H and O–H groups in total. The van der Waals surface area contributed by atoms with E-state index < -0.39 is 0 Å². The number of nitrogens with one attached hydrogen (secondary N) is 1. The maximum atomic E-state index is 3.76. The van der Waals surface area contributed by atoms with Gasteiger partial charge in [-0.25, -0.2) is 0 Å². The van der Waals surface area contributed by atoms with Gasteiger partial charge >= 0.3 is 0 Å². The first-order chi connectivity index (χ1) is 15.9. The molecule has 0 fully saturated rings. The van der Waals surface area contributed by atoms with E-state index in [1.165, 1.54) is 42.4 Å². The smallest absolute Gasteiger partial charge is 0.0590 e. The third kappa shape index (κ3) is 3.35. The lowest BCUT2D eigenvalue weighted by Crippen LogP contribution is -1.94. The van der Waals surface area contributed by atoms with Crippen LogP contribution in [0, 0.1) is 0 Å². The summed E-state index contributed by atoms with van der Waals surface area (Å²) in [6.45, 7) is 0. The number of rotatable bonds is 4. The first kappa shape index (κ1) is 18.9. The molecule has 0 saturated heterocycles. The Balaban J connectivity index is 1.50. The fraction of sp³-hybridized carbons (Fsp3) is 0. The van der Waals surface area contributed by atoms with E-state index in [9.17, 15) is 0 Å². The van der Waals surface area contributed by atoms with E-state index >= 15 is 0 Å². The number of anilines is 2. The van der Waals surface area contributed by atoms with Crippen LogP contribution < -0.4 is 5.32 Å². The molecule has 6 aromatic rings. The minimum atomic E-state index is 1.11. The Labute approximate surface area is 191 Å². The van der Waals surface area contributed by atoms with E-state index in [0.717, 1.165) is 11.4 Å². The lowest BCUT2D eigenvalue weighted by molar-refractivity contribution is 1.54. The fourth-order valence-electron chi connectivity index (χ4n) is 4.31. The molecule has 0 aliphatic heterocycles. The Bertz CT molecular complexity index is 1530. The zero-order valence-electron chi connectivity index (χ0n) is 17.5. The summed E-state index contributed by atoms with van der Waals surface area (Å²) in [7, 11) is 0. The topological polar surface area (TPSA) is 12.0 Å². The molecule has 6 rings (SSSR count). The van der Waals surface area contributed by atoms with E-state index in [4.69, 9.17) is 0 Å². The summed E-state index contributed by atoms with van der Waals surface area (Å²) in [5, 5.41) is 6.39. The number of hydrogen-bond acceptors (Lipinski definition) is 2. The van der Waals surface area contributed by atoms with Crippen molar-refractivity contribution in [2.45, 2.75) is 0 Å². The number of thiophene rings is 1. The van der Waals surface area contributed by atoms with Gasteiger partial charge in [-0.2, -0.15) is 0 Å². The highest BCUT2D eigenvalue weighted by molar-refractivity contribution is 7.26. The van der Waals surface area contributed by atoms with Crippen LogP contribution in [0.25, 0.3) is 42.4 Å². The zero-order valence-corrected chi connectivity index (χ0v) is 18.3. The van der Waals surface area contributed by atoms with Crippen LogP contribution in [0.1, 0.15) is 0 Å². The number of hydrogen-bond donors (Lipinski definition) is 1. The van der Waals surface area contributed by atoms with Gasteiger partial charge < -0.3 is 5.32 Å². The highest BCUT2D eigenvalue weighted by Crippen LogP contribution is 2.41. The monoisotopic (exact) mass is 427 g/mol. The third-order valence-corrected chi connectivity index (χ3v) is 7.10. The largest absolute Gasteiger partial charge is 0.354 e. The van der Waals surface area contributed by atoms with Gasteiger partial charge in [0.1, 0.15) is 0 Å². The van der Waals surface area contributed by atoms with Gasteiger partial charge in [0.2, 0.25) is 0 Å². The molecule has 1 aromatic heterocycles. The summed E-state index contributed by atoms with van der Waals surface area (Å²) < 4.78 is 2.61. The first-order valence-corrected chi connectivity index (χ1v) is 11.6. The average molecular weight is 428 g/mol. The van der Waals surface area contributed by atoms with E-state index in [0.29, 0.717) is 0 Å². The Kier molecular flexibility index (Phi) is 4.71. The summed E-state index contributed by atoms with van der Waals surface area (Å²) in [6.07, 6.45) is 0. The van der Waals surface area contributed by atoms with Crippen LogP contribution in [-0.2, 0) is 0 Å². The molecule has 0 aliphatic rings. The predicted octanol–water partition coefficient (Wildman–Crippen LogP) is 9.13. The van der Waals surface area contributed by atoms with E-state index in [1.807, 2.05) is 11.3 Å². The standard InChI is InChI=1S/C30H21NS/c1-3-10-21(11-4-1)23-18-19-27(26(20-23)22-12-5-2-6-13-22)31-28-16-9-15-25-24-14-7-8-17-29(24)32-30(25)28/h1-20,31H. The van der Waals surface area contributed by atoms with Gasteiger partial charge in [-0.1, -0.05) is 97.1 Å². The van der Waals surface area contributed by atoms with Crippen LogP contribution in [0.15, 0.2) is 121 Å². The molecule has 2 heteroatoms. The molecular formula is C30H21NS. The van der Waals surface area contributed by atoms with Gasteiger partial charge in [-0.05, 0) is 41.0 Å². The fourth-order valence-corrected chi connectivity index (χ4v) is 5.48. The minimum Gasteiger partial charge on any atom is -0.354 e. The summed E-state index contributed by atoms with van der Waals surface area (Å²) in [6, 6.07) is 43.1. The van der Waals surface area contributed by atoms with E-state index in [2.05, 4.69) is 127 Å². The molecular weight excluding hydrogens is 406 g/mol. The van der Waals surface area contributed by atoms with Crippen LogP contribution >= 0.6 is 11.3 Å². The maximum Gasteiger partial charge on any atom is 0.0590 e. The molecule has 0 saturated carbocycles. The molecule has 0 unspecified atom stereocenters. The van der Waals surface area contributed by atoms with Gasteiger partial charge in [-0.3, -0.25) is 0 Å². The van der Waals surface area contributed by atoms with E-state index in [1.54, 1.807) is 0 Å². The Morgan fingerprint density at radius 2 is 1.16 bits per heavy atom. The summed E-state index contributed by atoms with van der Waals surface area (Å²) >= 11 is 1.85. The summed E-state index contributed by atoms with van der Waals surface area (Å²) in [5.74, 6) is 0. The normalized spacial score (nSPS) is 11.1. The van der Waals surface area contributed by atoms with Crippen molar-refractivity contribution in [1.29, 1.82) is 0 Å². The second-order valence-electron chi connectivity index (χ2n) is 7.90. The number of fused-ring (bicyclic) bond motifs is 3. The molecule has 0 amide bonds. The van der Waals surface area contributed by atoms with Crippen LogP contribution in [0.2, 0.25) is 0 Å². The zero-order chi connectivity index (χ0) is 21.3. The molecule has 1 heterocycles. The van der Waals surface area contributed by atoms with E-state index in [-0.39, 0.29) is 0 Å². The SMILES string of the molecule is c1ccc(-c2ccc(Nc3cccc4c3sc3ccccc34)c(-c3ccccc3)c2)cc1. The van der Waals surface area contributed by atoms with Gasteiger partial charge in [0.05, 0.1) is 10.4 Å². The van der Waals surface area contributed by atoms with Gasteiger partial charge in [0.15, 0.2) is 0 Å². The Morgan fingerprint density at radius 1 is 0.469 bits per heavy atom. The quantitative estimate of drug-likeness (QED) is 0.296. The van der Waals surface area contributed by atoms with Crippen molar-refractivity contribution in [3.05, 3.63) is 121 Å². The molecule has 0 aliphatic carbocycles. The van der Waals surface area contributed by atoms with Crippen LogP contribution in [0.4, 0.5) is 11.4 Å². The van der Waals surface area contributed by atoms with Gasteiger partial charge in [0.25, 0.3) is 0 Å². The average Bonchev–Trinajstić information content (AvgIpc) is 3.25. The maximum absolute atomic E-state index is 3.76. The second-order valence-corrected chi connectivity index (χ2v) is 8.95. The summed E-state index contributed by atoms with van der Waals surface area (Å²) in [5.41, 5.74) is 7.11. The molecule has 1 nitrogen and oxygen atoms in total. The number of benzene rings is 5. The van der Waals surface area contributed by atoms with Crippen molar-refractivity contribution in [3.8, 4) is 22.3 Å². The Hall–Kier alpha value is -3.88. The van der Waals surface area contributed by atoms with Crippen LogP contribution in [-0.4, -0.2) is 0 Å². The van der Waals surface area contributed by atoms with Crippen molar-refractivity contribution in [2.75, 3.05) is 5.32 Å². The predicted molar refractivity (Wildman–Crippen MR) is 140 cm³/mol. The molecule has 0 atom stereocenters. The molecule has 0 radical (unpaired) electrons. The lowest BCUT2D eigenvalue weighted by Gasteiger charge is -2.15. The molecule has 0 spiro atoms. The molecule has 0 bridgehead atoms. The molecule has 5 aromatic carbocycles. The summed E-state index contributed by atoms with van der Waals surface area (Å²) in [4.78, 5) is 0. The van der Waals surface area contributed by atoms with Crippen LogP contribution in [0.5, 0.6) is 0 Å². The van der Waals surface area contributed by atoms with Crippen molar-refractivity contribution in [3.63, 3.8) is 0 Å². The minimum absolute atomic E-state index is 1.11. The van der Waals surface area contributed by atoms with Gasteiger partial charge in [0, 0.05) is 26.7 Å². The van der Waals surface area contributed by atoms with Crippen LogP contribution in [0.3, 0.4) is 0 Å². The van der Waals surface area contributed by atoms with Gasteiger partial charge in [-0.15, -0.1) is 11.3 Å².